The van der Waals surface area contributed by atoms with Gasteiger partial charge < -0.3 is 60.9 Å². The molecule has 0 bridgehead atoms. The number of ether oxygens (including phenoxy) is 1. The SMILES string of the molecule is Oc1cc(O)cc(Oc2c(O)cc(O)c(-c3c(O)cc(O)c(-c4c(O)cc(O)cc4O)c3O)c2O)c1. The average Bonchev–Trinajstić information content (AvgIpc) is 2.74. The summed E-state index contributed by atoms with van der Waals surface area (Å²) in [4.78, 5) is 0. The van der Waals surface area contributed by atoms with Crippen molar-refractivity contribution in [3.63, 3.8) is 0 Å². The van der Waals surface area contributed by atoms with Gasteiger partial charge in [-0.3, -0.25) is 0 Å². The Labute approximate surface area is 200 Å². The zero-order chi connectivity index (χ0) is 26.5. The molecule has 0 radical (unpaired) electrons. The van der Waals surface area contributed by atoms with Crippen LogP contribution in [0, 0.1) is 0 Å². The summed E-state index contributed by atoms with van der Waals surface area (Å²) in [5.74, 6) is -9.41. The molecule has 0 aliphatic rings. The number of phenols is 11. The van der Waals surface area contributed by atoms with Crippen molar-refractivity contribution in [1.82, 2.24) is 0 Å². The van der Waals surface area contributed by atoms with Gasteiger partial charge in [0.05, 0.1) is 22.3 Å². The molecule has 12 heteroatoms. The number of rotatable bonds is 4. The molecule has 0 atom stereocenters. The van der Waals surface area contributed by atoms with Gasteiger partial charge in [-0.15, -0.1) is 0 Å². The number of benzene rings is 4. The number of hydrogen-bond donors (Lipinski definition) is 11. The first kappa shape index (κ1) is 23.6. The molecule has 0 amide bonds. The van der Waals surface area contributed by atoms with Gasteiger partial charge in [-0.25, -0.2) is 0 Å². The standard InChI is InChI=1S/C24H18O12/c25-8-1-9(26)3-11(2-8)36-24-17(33)7-16(32)21(23(24)35)20-15(31)6-14(30)19(22(20)34)18-12(28)4-10(27)5-13(18)29/h1-7,25-35H. The van der Waals surface area contributed by atoms with E-state index in [1.54, 1.807) is 0 Å². The van der Waals surface area contributed by atoms with E-state index in [1.807, 2.05) is 0 Å². The van der Waals surface area contributed by atoms with Gasteiger partial charge in [0.1, 0.15) is 57.5 Å². The lowest BCUT2D eigenvalue weighted by molar-refractivity contribution is 0.365. The maximum Gasteiger partial charge on any atom is 0.211 e. The summed E-state index contributed by atoms with van der Waals surface area (Å²) in [6.45, 7) is 0. The topological polar surface area (TPSA) is 232 Å². The molecule has 0 saturated heterocycles. The molecular formula is C24H18O12. The van der Waals surface area contributed by atoms with E-state index < -0.39 is 91.2 Å². The van der Waals surface area contributed by atoms with E-state index in [2.05, 4.69) is 0 Å². The monoisotopic (exact) mass is 498 g/mol. The normalized spacial score (nSPS) is 10.9. The van der Waals surface area contributed by atoms with E-state index in [1.165, 1.54) is 0 Å². The van der Waals surface area contributed by atoms with Crippen LogP contribution in [0.1, 0.15) is 0 Å². The molecule has 0 fully saturated rings. The van der Waals surface area contributed by atoms with Crippen molar-refractivity contribution >= 4 is 0 Å². The second kappa shape index (κ2) is 8.36. The highest BCUT2D eigenvalue weighted by Crippen LogP contribution is 2.59. The first-order chi connectivity index (χ1) is 16.9. The van der Waals surface area contributed by atoms with Crippen LogP contribution in [-0.2, 0) is 0 Å². The molecule has 4 aromatic rings. The Morgan fingerprint density at radius 2 is 0.750 bits per heavy atom. The Bertz CT molecular complexity index is 1480. The van der Waals surface area contributed by atoms with Gasteiger partial charge in [0, 0.05) is 42.5 Å². The van der Waals surface area contributed by atoms with E-state index in [0.29, 0.717) is 12.1 Å². The van der Waals surface area contributed by atoms with E-state index in [4.69, 9.17) is 4.74 Å². The van der Waals surface area contributed by atoms with Crippen LogP contribution in [0.2, 0.25) is 0 Å². The first-order valence-corrected chi connectivity index (χ1v) is 9.91. The average molecular weight is 498 g/mol. The zero-order valence-electron chi connectivity index (χ0n) is 17.9. The van der Waals surface area contributed by atoms with Crippen LogP contribution >= 0.6 is 0 Å². The van der Waals surface area contributed by atoms with E-state index in [0.717, 1.165) is 30.3 Å². The number of hydrogen-bond acceptors (Lipinski definition) is 12. The Morgan fingerprint density at radius 3 is 1.28 bits per heavy atom. The summed E-state index contributed by atoms with van der Waals surface area (Å²) in [7, 11) is 0. The Hall–Kier alpha value is -5.52. The van der Waals surface area contributed by atoms with E-state index >= 15 is 0 Å². The fourth-order valence-corrected chi connectivity index (χ4v) is 3.70. The highest BCUT2D eigenvalue weighted by atomic mass is 16.5. The maximum atomic E-state index is 11.0. The predicted octanol–water partition coefficient (Wildman–Crippen LogP) is 3.57. The maximum absolute atomic E-state index is 11.0. The fraction of sp³-hybridized carbons (Fsp3) is 0. The van der Waals surface area contributed by atoms with Crippen molar-refractivity contribution in [2.24, 2.45) is 0 Å². The molecule has 11 N–H and O–H groups in total. The molecule has 4 aromatic carbocycles. The lowest BCUT2D eigenvalue weighted by Gasteiger charge is -2.19. The highest BCUT2D eigenvalue weighted by Gasteiger charge is 2.30. The molecule has 0 aromatic heterocycles. The smallest absolute Gasteiger partial charge is 0.211 e. The molecule has 0 spiro atoms. The minimum Gasteiger partial charge on any atom is -0.508 e. The summed E-state index contributed by atoms with van der Waals surface area (Å²) in [6.07, 6.45) is 0. The molecular weight excluding hydrogens is 480 g/mol. The third-order valence-electron chi connectivity index (χ3n) is 5.15. The molecule has 0 saturated carbocycles. The molecule has 4 rings (SSSR count). The number of phenolic OH excluding ortho intramolecular Hbond substituents is 11. The van der Waals surface area contributed by atoms with Crippen molar-refractivity contribution in [2.75, 3.05) is 0 Å². The fourth-order valence-electron chi connectivity index (χ4n) is 3.70. The van der Waals surface area contributed by atoms with Gasteiger partial charge >= 0.3 is 0 Å². The van der Waals surface area contributed by atoms with Gasteiger partial charge in [-0.05, 0) is 0 Å². The summed E-state index contributed by atoms with van der Waals surface area (Å²) in [5, 5.41) is 113. The van der Waals surface area contributed by atoms with Gasteiger partial charge in [0.15, 0.2) is 11.5 Å². The van der Waals surface area contributed by atoms with Crippen LogP contribution in [0.4, 0.5) is 0 Å². The first-order valence-electron chi connectivity index (χ1n) is 9.91. The van der Waals surface area contributed by atoms with Gasteiger partial charge in [0.25, 0.3) is 0 Å². The molecule has 12 nitrogen and oxygen atoms in total. The Balaban J connectivity index is 1.98. The van der Waals surface area contributed by atoms with Crippen LogP contribution in [0.5, 0.6) is 74.7 Å². The quantitative estimate of drug-likeness (QED) is 0.194. The lowest BCUT2D eigenvalue weighted by Crippen LogP contribution is -1.92. The minimum atomic E-state index is -1.04. The van der Waals surface area contributed by atoms with Crippen LogP contribution in [0.25, 0.3) is 22.3 Å². The second-order valence-electron chi connectivity index (χ2n) is 7.63. The summed E-state index contributed by atoms with van der Waals surface area (Å²) >= 11 is 0. The van der Waals surface area contributed by atoms with Crippen molar-refractivity contribution in [2.45, 2.75) is 0 Å². The third-order valence-corrected chi connectivity index (χ3v) is 5.15. The minimum absolute atomic E-state index is 0.256. The Morgan fingerprint density at radius 1 is 0.361 bits per heavy atom. The number of aromatic hydroxyl groups is 11. The van der Waals surface area contributed by atoms with Crippen molar-refractivity contribution in [3.8, 4) is 97.0 Å². The second-order valence-corrected chi connectivity index (χ2v) is 7.63. The van der Waals surface area contributed by atoms with E-state index in [9.17, 15) is 56.2 Å². The van der Waals surface area contributed by atoms with Crippen LogP contribution < -0.4 is 4.74 Å². The summed E-state index contributed by atoms with van der Waals surface area (Å²) in [5.41, 5.74) is -2.63. The predicted molar refractivity (Wildman–Crippen MR) is 122 cm³/mol. The molecule has 0 heterocycles. The lowest BCUT2D eigenvalue weighted by atomic mass is 9.93. The third kappa shape index (κ3) is 3.88. The van der Waals surface area contributed by atoms with Crippen LogP contribution in [-0.4, -0.2) is 56.2 Å². The highest BCUT2D eigenvalue weighted by molar-refractivity contribution is 5.96. The molecule has 0 unspecified atom stereocenters. The van der Waals surface area contributed by atoms with Crippen LogP contribution in [0.3, 0.4) is 0 Å². The Kier molecular flexibility index (Phi) is 5.49. The van der Waals surface area contributed by atoms with Gasteiger partial charge in [-0.1, -0.05) is 0 Å². The summed E-state index contributed by atoms with van der Waals surface area (Å²) < 4.78 is 5.34. The van der Waals surface area contributed by atoms with Crippen molar-refractivity contribution in [1.29, 1.82) is 0 Å². The molecule has 0 aliphatic carbocycles. The van der Waals surface area contributed by atoms with Gasteiger partial charge in [-0.2, -0.15) is 0 Å². The zero-order valence-corrected chi connectivity index (χ0v) is 17.9. The molecule has 0 aliphatic heterocycles. The summed E-state index contributed by atoms with van der Waals surface area (Å²) in [6, 6.07) is 5.99. The molecule has 186 valence electrons. The van der Waals surface area contributed by atoms with Crippen LogP contribution in [0.15, 0.2) is 42.5 Å². The van der Waals surface area contributed by atoms with Crippen molar-refractivity contribution in [3.05, 3.63) is 42.5 Å². The molecule has 36 heavy (non-hydrogen) atoms. The largest absolute Gasteiger partial charge is 0.508 e. The van der Waals surface area contributed by atoms with Crippen molar-refractivity contribution < 1.29 is 60.9 Å². The van der Waals surface area contributed by atoms with Gasteiger partial charge in [0.2, 0.25) is 5.75 Å². The van der Waals surface area contributed by atoms with E-state index in [-0.39, 0.29) is 5.75 Å².